The van der Waals surface area contributed by atoms with Crippen molar-refractivity contribution in [1.82, 2.24) is 0 Å². The first-order valence-electron chi connectivity index (χ1n) is 23.2. The van der Waals surface area contributed by atoms with Gasteiger partial charge in [-0.3, -0.25) is 0 Å². The largest absolute Gasteiger partial charge is 0.494 e. The Kier molecular flexibility index (Phi) is 16.4. The Morgan fingerprint density at radius 1 is 0.415 bits per heavy atom. The molecule has 6 rings (SSSR count). The molecular formula is C50H78O3. The van der Waals surface area contributed by atoms with E-state index < -0.39 is 0 Å². The summed E-state index contributed by atoms with van der Waals surface area (Å²) in [5.41, 5.74) is 2.70. The zero-order valence-corrected chi connectivity index (χ0v) is 34.6. The van der Waals surface area contributed by atoms with Crippen molar-refractivity contribution >= 4 is 0 Å². The zero-order chi connectivity index (χ0) is 36.8. The van der Waals surface area contributed by atoms with Crippen molar-refractivity contribution in [3.8, 4) is 11.5 Å². The fraction of sp³-hybridized carbons (Fsp3) is 0.760. The molecule has 4 fully saturated rings. The van der Waals surface area contributed by atoms with Gasteiger partial charge >= 0.3 is 0 Å². The molecular weight excluding hydrogens is 649 g/mol. The Balaban J connectivity index is 1.18. The number of ether oxygens (including phenoxy) is 3. The maximum atomic E-state index is 7.71. The van der Waals surface area contributed by atoms with Crippen LogP contribution in [0, 0.1) is 47.3 Å². The van der Waals surface area contributed by atoms with Gasteiger partial charge in [-0.15, -0.1) is 0 Å². The summed E-state index contributed by atoms with van der Waals surface area (Å²) >= 11 is 0. The highest BCUT2D eigenvalue weighted by molar-refractivity contribution is 5.31. The van der Waals surface area contributed by atoms with Crippen LogP contribution in [0.3, 0.4) is 0 Å². The predicted molar refractivity (Wildman–Crippen MR) is 223 cm³/mol. The summed E-state index contributed by atoms with van der Waals surface area (Å²) < 4.78 is 19.8. The van der Waals surface area contributed by atoms with Crippen molar-refractivity contribution in [2.75, 3.05) is 13.2 Å². The zero-order valence-electron chi connectivity index (χ0n) is 34.6. The van der Waals surface area contributed by atoms with Crippen LogP contribution in [-0.2, 0) is 4.74 Å². The van der Waals surface area contributed by atoms with Crippen LogP contribution in [0.4, 0.5) is 0 Å². The van der Waals surface area contributed by atoms with Crippen molar-refractivity contribution < 1.29 is 14.2 Å². The molecule has 2 aromatic carbocycles. The molecule has 3 nitrogen and oxygen atoms in total. The summed E-state index contributed by atoms with van der Waals surface area (Å²) in [6.45, 7) is 10.6. The third-order valence-electron chi connectivity index (χ3n) is 14.7. The number of hydrogen-bond donors (Lipinski definition) is 0. The summed E-state index contributed by atoms with van der Waals surface area (Å²) in [6.07, 6.45) is 30.4. The molecule has 4 aliphatic rings. The fourth-order valence-electron chi connectivity index (χ4n) is 11.6. The number of hydrogen-bond acceptors (Lipinski definition) is 3. The van der Waals surface area contributed by atoms with Crippen molar-refractivity contribution in [2.45, 2.75) is 181 Å². The molecule has 0 aromatic heterocycles. The van der Waals surface area contributed by atoms with Gasteiger partial charge in [0, 0.05) is 0 Å². The van der Waals surface area contributed by atoms with Crippen LogP contribution in [0.1, 0.15) is 192 Å². The first-order chi connectivity index (χ1) is 26.1. The van der Waals surface area contributed by atoms with Crippen LogP contribution in [0.5, 0.6) is 11.5 Å². The molecule has 0 aliphatic heterocycles. The highest BCUT2D eigenvalue weighted by atomic mass is 16.5. The number of rotatable bonds is 18. The molecule has 4 saturated carbocycles. The van der Waals surface area contributed by atoms with E-state index in [1.165, 1.54) is 140 Å². The van der Waals surface area contributed by atoms with Gasteiger partial charge in [0.25, 0.3) is 0 Å². The van der Waals surface area contributed by atoms with E-state index >= 15 is 0 Å². The van der Waals surface area contributed by atoms with Crippen molar-refractivity contribution in [3.63, 3.8) is 0 Å². The highest BCUT2D eigenvalue weighted by Gasteiger charge is 2.39. The first kappa shape index (κ1) is 40.7. The van der Waals surface area contributed by atoms with Gasteiger partial charge in [0.1, 0.15) is 11.5 Å². The average Bonchev–Trinajstić information content (AvgIpc) is 3.21. The van der Waals surface area contributed by atoms with E-state index in [-0.39, 0.29) is 12.2 Å². The van der Waals surface area contributed by atoms with Gasteiger partial charge in [-0.1, -0.05) is 103 Å². The van der Waals surface area contributed by atoms with Gasteiger partial charge in [0.2, 0.25) is 0 Å². The minimum Gasteiger partial charge on any atom is -0.494 e. The Bertz CT molecular complexity index is 1160. The van der Waals surface area contributed by atoms with Crippen molar-refractivity contribution in [2.24, 2.45) is 47.3 Å². The average molecular weight is 727 g/mol. The predicted octanol–water partition coefficient (Wildman–Crippen LogP) is 14.9. The van der Waals surface area contributed by atoms with Gasteiger partial charge < -0.3 is 14.2 Å². The second kappa shape index (κ2) is 21.3. The lowest BCUT2D eigenvalue weighted by molar-refractivity contribution is -0.0935. The molecule has 0 radical (unpaired) electrons. The van der Waals surface area contributed by atoms with Crippen LogP contribution in [0.25, 0.3) is 0 Å². The van der Waals surface area contributed by atoms with Gasteiger partial charge in [-0.2, -0.15) is 0 Å². The van der Waals surface area contributed by atoms with Crippen LogP contribution in [0.2, 0.25) is 0 Å². The second-order valence-electron chi connectivity index (χ2n) is 18.3. The second-order valence-corrected chi connectivity index (χ2v) is 18.3. The fourth-order valence-corrected chi connectivity index (χ4v) is 11.6. The molecule has 2 aromatic rings. The van der Waals surface area contributed by atoms with E-state index in [0.717, 1.165) is 73.1 Å². The Hall–Kier alpha value is -2.00. The summed E-state index contributed by atoms with van der Waals surface area (Å²) in [5, 5.41) is 0. The standard InChI is InChI=1S/C50H78O3/c1-5-9-37-11-15-39(16-12-37)41-19-23-43(24-20-41)49(45-27-31-47(32-28-45)51-35-7-3)53-50(46-29-33-48(34-30-46)52-36-8-4)44-25-21-42(22-26-44)40-17-13-38(10-6-2)14-18-40/h27-34,37-44,49-50H,5-26,35-36H2,1-4H3/t37-,38-,39-,40-,41-,42-,43-,44-,49?,50?. The van der Waals surface area contributed by atoms with Crippen LogP contribution >= 0.6 is 0 Å². The minimum absolute atomic E-state index is 0.115. The lowest BCUT2D eigenvalue weighted by Gasteiger charge is -2.43. The molecule has 296 valence electrons. The highest BCUT2D eigenvalue weighted by Crippen LogP contribution is 2.50. The number of benzene rings is 2. The summed E-state index contributed by atoms with van der Waals surface area (Å²) in [7, 11) is 0. The summed E-state index contributed by atoms with van der Waals surface area (Å²) in [6, 6.07) is 18.2. The Morgan fingerprint density at radius 3 is 1.04 bits per heavy atom. The molecule has 0 N–H and O–H groups in total. The Morgan fingerprint density at radius 2 is 0.736 bits per heavy atom. The van der Waals surface area contributed by atoms with E-state index in [0.29, 0.717) is 11.8 Å². The van der Waals surface area contributed by atoms with Gasteiger partial charge in [-0.25, -0.2) is 0 Å². The summed E-state index contributed by atoms with van der Waals surface area (Å²) in [4.78, 5) is 0. The molecule has 0 amide bonds. The Labute approximate surface area is 326 Å². The molecule has 3 heteroatoms. The van der Waals surface area contributed by atoms with E-state index in [1.54, 1.807) is 0 Å². The lowest BCUT2D eigenvalue weighted by atomic mass is 9.67. The van der Waals surface area contributed by atoms with E-state index in [1.807, 2.05) is 0 Å². The van der Waals surface area contributed by atoms with Crippen LogP contribution in [0.15, 0.2) is 48.5 Å². The summed E-state index contributed by atoms with van der Waals surface area (Å²) in [5.74, 6) is 8.83. The molecule has 0 spiro atoms. The lowest BCUT2D eigenvalue weighted by Crippen LogP contribution is -2.31. The SMILES string of the molecule is CCCOc1ccc(C(OC(c2ccc(OCCC)cc2)[C@H]2CC[C@H]([C@H]3CC[C@H](CCC)CC3)CC2)[C@H]2CC[C@H]([C@H]3CC[C@H](CCC)CC3)CC2)cc1. The molecule has 0 saturated heterocycles. The minimum atomic E-state index is 0.115. The molecule has 0 bridgehead atoms. The topological polar surface area (TPSA) is 27.7 Å². The molecule has 53 heavy (non-hydrogen) atoms. The van der Waals surface area contributed by atoms with Gasteiger partial charge in [-0.05, 0) is 173 Å². The van der Waals surface area contributed by atoms with Crippen molar-refractivity contribution in [1.29, 1.82) is 0 Å². The van der Waals surface area contributed by atoms with E-state index in [9.17, 15) is 0 Å². The van der Waals surface area contributed by atoms with E-state index in [2.05, 4.69) is 76.2 Å². The normalized spacial score (nSPS) is 30.7. The quantitative estimate of drug-likeness (QED) is 0.153. The maximum absolute atomic E-state index is 7.71. The first-order valence-corrected chi connectivity index (χ1v) is 23.2. The van der Waals surface area contributed by atoms with E-state index in [4.69, 9.17) is 14.2 Å². The van der Waals surface area contributed by atoms with Gasteiger partial charge in [0.15, 0.2) is 0 Å². The smallest absolute Gasteiger partial charge is 0.119 e. The maximum Gasteiger partial charge on any atom is 0.119 e. The van der Waals surface area contributed by atoms with Crippen LogP contribution in [-0.4, -0.2) is 13.2 Å². The third-order valence-corrected chi connectivity index (χ3v) is 14.7. The molecule has 4 aliphatic carbocycles. The third kappa shape index (κ3) is 11.5. The molecule has 0 heterocycles. The van der Waals surface area contributed by atoms with Gasteiger partial charge in [0.05, 0.1) is 25.4 Å². The molecule has 2 atom stereocenters. The van der Waals surface area contributed by atoms with Crippen LogP contribution < -0.4 is 9.47 Å². The molecule has 2 unspecified atom stereocenters. The van der Waals surface area contributed by atoms with Crippen molar-refractivity contribution in [3.05, 3.63) is 59.7 Å². The monoisotopic (exact) mass is 727 g/mol.